The summed E-state index contributed by atoms with van der Waals surface area (Å²) in [5.74, 6) is -2.18. The highest BCUT2D eigenvalue weighted by molar-refractivity contribution is 5.61. The van der Waals surface area contributed by atoms with Crippen molar-refractivity contribution in [1.29, 1.82) is 0 Å². The number of aliphatic hydroxyl groups is 1. The molecule has 0 aromatic carbocycles. The number of carbonyl (C=O) groups excluding carboxylic acids is 2. The lowest BCUT2D eigenvalue weighted by molar-refractivity contribution is -0.330. The van der Waals surface area contributed by atoms with Gasteiger partial charge in [0, 0.05) is 6.92 Å². The van der Waals surface area contributed by atoms with Gasteiger partial charge in [0.15, 0.2) is 0 Å². The molecule has 0 amide bonds. The third-order valence-corrected chi connectivity index (χ3v) is 3.15. The van der Waals surface area contributed by atoms with Crippen molar-refractivity contribution in [2.75, 3.05) is 13.2 Å². The molecule has 0 aromatic rings. The van der Waals surface area contributed by atoms with Gasteiger partial charge in [-0.3, -0.25) is 0 Å². The Kier molecular flexibility index (Phi) is 7.75. The van der Waals surface area contributed by atoms with Crippen LogP contribution in [-0.4, -0.2) is 48.3 Å². The van der Waals surface area contributed by atoms with Crippen LogP contribution in [0.25, 0.3) is 0 Å². The number of rotatable bonds is 6. The molecule has 0 radical (unpaired) electrons. The second-order valence-electron chi connectivity index (χ2n) is 6.79. The Bertz CT molecular complexity index is 407. The maximum absolute atomic E-state index is 11.5. The lowest BCUT2D eigenvalue weighted by atomic mass is 9.98. The van der Waals surface area contributed by atoms with Crippen LogP contribution in [0.15, 0.2) is 0 Å². The summed E-state index contributed by atoms with van der Waals surface area (Å²) in [6, 6.07) is 0. The van der Waals surface area contributed by atoms with Crippen LogP contribution in [0.4, 0.5) is 9.59 Å². The van der Waals surface area contributed by atoms with Crippen molar-refractivity contribution in [3.8, 4) is 0 Å². The van der Waals surface area contributed by atoms with Gasteiger partial charge in [0.2, 0.25) is 0 Å². The van der Waals surface area contributed by atoms with E-state index in [2.05, 4.69) is 4.74 Å². The molecule has 8 heteroatoms. The first-order valence-electron chi connectivity index (χ1n) is 8.19. The van der Waals surface area contributed by atoms with Gasteiger partial charge in [-0.05, 0) is 46.5 Å². The lowest BCUT2D eigenvalue weighted by Crippen LogP contribution is -2.38. The normalized spacial score (nSPS) is 18.4. The zero-order valence-electron chi connectivity index (χ0n) is 14.8. The molecule has 1 rings (SSSR count). The topological polar surface area (TPSA) is 101 Å². The molecule has 1 N–H and O–H groups in total. The minimum Gasteiger partial charge on any atom is -0.432 e. The van der Waals surface area contributed by atoms with E-state index in [1.165, 1.54) is 0 Å². The third kappa shape index (κ3) is 9.57. The first-order chi connectivity index (χ1) is 11.1. The fourth-order valence-corrected chi connectivity index (χ4v) is 2.16. The van der Waals surface area contributed by atoms with Gasteiger partial charge in [-0.15, -0.1) is 0 Å². The molecule has 1 atom stereocenters. The highest BCUT2D eigenvalue weighted by Gasteiger charge is 2.30. The molecule has 0 aliphatic heterocycles. The van der Waals surface area contributed by atoms with Gasteiger partial charge < -0.3 is 28.8 Å². The Hall–Kier alpha value is -1.54. The summed E-state index contributed by atoms with van der Waals surface area (Å²) in [5.41, 5.74) is -0.751. The van der Waals surface area contributed by atoms with Crippen molar-refractivity contribution in [3.05, 3.63) is 0 Å². The van der Waals surface area contributed by atoms with Gasteiger partial charge in [-0.25, -0.2) is 9.59 Å². The van der Waals surface area contributed by atoms with Gasteiger partial charge in [-0.1, -0.05) is 6.42 Å². The summed E-state index contributed by atoms with van der Waals surface area (Å²) < 4.78 is 24.5. The van der Waals surface area contributed by atoms with Crippen molar-refractivity contribution in [2.45, 2.75) is 77.5 Å². The molecule has 0 bridgehead atoms. The minimum absolute atomic E-state index is 0.0919. The first-order valence-corrected chi connectivity index (χ1v) is 8.19. The fourth-order valence-electron chi connectivity index (χ4n) is 2.16. The van der Waals surface area contributed by atoms with Crippen molar-refractivity contribution in [2.24, 2.45) is 0 Å². The molecule has 1 fully saturated rings. The van der Waals surface area contributed by atoms with E-state index in [9.17, 15) is 14.7 Å². The van der Waals surface area contributed by atoms with Crippen LogP contribution >= 0.6 is 0 Å². The van der Waals surface area contributed by atoms with E-state index in [-0.39, 0.29) is 19.3 Å². The average Bonchev–Trinajstić information content (AvgIpc) is 2.42. The van der Waals surface area contributed by atoms with E-state index in [0.717, 1.165) is 39.0 Å². The quantitative estimate of drug-likeness (QED) is 0.444. The van der Waals surface area contributed by atoms with Crippen LogP contribution in [-0.2, 0) is 23.7 Å². The third-order valence-electron chi connectivity index (χ3n) is 3.15. The second-order valence-corrected chi connectivity index (χ2v) is 6.79. The van der Waals surface area contributed by atoms with Crippen LogP contribution in [0.5, 0.6) is 0 Å². The monoisotopic (exact) mass is 348 g/mol. The minimum atomic E-state index is -2.18. The Balaban J connectivity index is 2.18. The molecular formula is C16H28O8. The van der Waals surface area contributed by atoms with E-state index in [1.807, 2.05) is 0 Å². The molecule has 1 aliphatic carbocycles. The Labute approximate surface area is 142 Å². The zero-order valence-corrected chi connectivity index (χ0v) is 14.8. The summed E-state index contributed by atoms with van der Waals surface area (Å²) >= 11 is 0. The van der Waals surface area contributed by atoms with Crippen LogP contribution < -0.4 is 0 Å². The zero-order chi connectivity index (χ0) is 18.2. The summed E-state index contributed by atoms with van der Waals surface area (Å²) in [7, 11) is 0. The molecule has 0 saturated heterocycles. The Morgan fingerprint density at radius 1 is 0.958 bits per heavy atom. The largest absolute Gasteiger partial charge is 0.513 e. The first kappa shape index (κ1) is 20.5. The highest BCUT2D eigenvalue weighted by Crippen LogP contribution is 2.20. The van der Waals surface area contributed by atoms with Crippen LogP contribution in [0.1, 0.15) is 59.8 Å². The van der Waals surface area contributed by atoms with E-state index < -0.39 is 23.9 Å². The number of hydrogen-bond donors (Lipinski definition) is 1. The van der Waals surface area contributed by atoms with Crippen LogP contribution in [0.3, 0.4) is 0 Å². The van der Waals surface area contributed by atoms with Crippen molar-refractivity contribution < 1.29 is 38.4 Å². The van der Waals surface area contributed by atoms with Crippen LogP contribution in [0.2, 0.25) is 0 Å². The molecule has 0 aromatic heterocycles. The van der Waals surface area contributed by atoms with Crippen molar-refractivity contribution in [3.63, 3.8) is 0 Å². The summed E-state index contributed by atoms with van der Waals surface area (Å²) in [6.45, 7) is 5.81. The van der Waals surface area contributed by atoms with E-state index in [1.54, 1.807) is 20.8 Å². The maximum Gasteiger partial charge on any atom is 0.513 e. The fraction of sp³-hybridized carbons (Fsp3) is 0.875. The van der Waals surface area contributed by atoms with Gasteiger partial charge in [0.1, 0.15) is 18.3 Å². The predicted molar refractivity (Wildman–Crippen MR) is 83.2 cm³/mol. The molecule has 24 heavy (non-hydrogen) atoms. The molecule has 1 unspecified atom stereocenters. The summed E-state index contributed by atoms with van der Waals surface area (Å²) in [4.78, 5) is 22.9. The van der Waals surface area contributed by atoms with E-state index in [0.29, 0.717) is 0 Å². The molecule has 1 aliphatic rings. The maximum atomic E-state index is 11.5. The highest BCUT2D eigenvalue weighted by atomic mass is 16.9. The van der Waals surface area contributed by atoms with Gasteiger partial charge in [0.25, 0.3) is 0 Å². The molecule has 8 nitrogen and oxygen atoms in total. The number of ether oxygens (including phenoxy) is 5. The Morgan fingerprint density at radius 2 is 1.58 bits per heavy atom. The molecule has 1 saturated carbocycles. The van der Waals surface area contributed by atoms with Gasteiger partial charge in [-0.2, -0.15) is 0 Å². The molecular weight excluding hydrogens is 320 g/mol. The van der Waals surface area contributed by atoms with Crippen molar-refractivity contribution >= 4 is 12.3 Å². The predicted octanol–water partition coefficient (Wildman–Crippen LogP) is 3.11. The standard InChI is InChI=1S/C16H28O8/c1-15(2,3)23-14(18)24-16(4,19)21-11-10-20-13(17)22-12-8-6-5-7-9-12/h12,19H,5-11H2,1-4H3. The van der Waals surface area contributed by atoms with Gasteiger partial charge in [0.05, 0.1) is 6.61 Å². The smallest absolute Gasteiger partial charge is 0.432 e. The summed E-state index contributed by atoms with van der Waals surface area (Å²) in [5, 5.41) is 9.79. The number of hydrogen-bond acceptors (Lipinski definition) is 8. The Morgan fingerprint density at radius 3 is 2.17 bits per heavy atom. The molecule has 140 valence electrons. The van der Waals surface area contributed by atoms with E-state index >= 15 is 0 Å². The van der Waals surface area contributed by atoms with E-state index in [4.69, 9.17) is 18.9 Å². The van der Waals surface area contributed by atoms with Crippen molar-refractivity contribution in [1.82, 2.24) is 0 Å². The van der Waals surface area contributed by atoms with Gasteiger partial charge >= 0.3 is 18.3 Å². The average molecular weight is 348 g/mol. The number of carbonyl (C=O) groups is 2. The SMILES string of the molecule is CC(C)(C)OC(=O)OC(C)(O)OCCOC(=O)OC1CCCCC1. The second kappa shape index (κ2) is 9.08. The molecule has 0 spiro atoms. The summed E-state index contributed by atoms with van der Waals surface area (Å²) in [6.07, 6.45) is 3.04. The lowest BCUT2D eigenvalue weighted by Gasteiger charge is -2.26. The van der Waals surface area contributed by atoms with Crippen LogP contribution in [0, 0.1) is 0 Å². The molecule has 0 heterocycles.